The molecule has 0 aromatic heterocycles. The second-order valence-corrected chi connectivity index (χ2v) is 5.47. The standard InChI is InChI=1S/C21H16O4/c1-25-21(24)19-13-16(14-8-4-2-5-9-14)18(20(22)23)12-17(19)15-10-6-3-7-11-15/h2-13H,1H3,(H,22,23). The number of aromatic carboxylic acids is 1. The summed E-state index contributed by atoms with van der Waals surface area (Å²) in [6.07, 6.45) is 0. The number of rotatable bonds is 4. The molecule has 1 N–H and O–H groups in total. The lowest BCUT2D eigenvalue weighted by Crippen LogP contribution is -2.08. The molecule has 0 aliphatic rings. The number of carboxylic acid groups (broad SMARTS) is 1. The van der Waals surface area contributed by atoms with Crippen molar-refractivity contribution in [1.82, 2.24) is 0 Å². The lowest BCUT2D eigenvalue weighted by molar-refractivity contribution is 0.0599. The maximum absolute atomic E-state index is 12.3. The molecule has 0 spiro atoms. The van der Waals surface area contributed by atoms with E-state index in [4.69, 9.17) is 4.74 Å². The van der Waals surface area contributed by atoms with Crippen molar-refractivity contribution in [2.45, 2.75) is 0 Å². The molecule has 0 unspecified atom stereocenters. The molecule has 3 aromatic carbocycles. The Morgan fingerprint density at radius 3 is 1.64 bits per heavy atom. The number of hydrogen-bond donors (Lipinski definition) is 1. The van der Waals surface area contributed by atoms with E-state index in [9.17, 15) is 14.7 Å². The molecule has 4 heteroatoms. The van der Waals surface area contributed by atoms with Crippen LogP contribution in [0, 0.1) is 0 Å². The molecule has 0 aliphatic carbocycles. The van der Waals surface area contributed by atoms with Crippen molar-refractivity contribution in [1.29, 1.82) is 0 Å². The largest absolute Gasteiger partial charge is 0.478 e. The second-order valence-electron chi connectivity index (χ2n) is 5.47. The molecule has 0 heterocycles. The Labute approximate surface area is 145 Å². The third-order valence-corrected chi connectivity index (χ3v) is 3.96. The molecule has 0 saturated heterocycles. The molecular weight excluding hydrogens is 316 g/mol. The van der Waals surface area contributed by atoms with E-state index in [2.05, 4.69) is 0 Å². The van der Waals surface area contributed by atoms with E-state index in [-0.39, 0.29) is 5.56 Å². The average Bonchev–Trinajstić information content (AvgIpc) is 2.67. The number of benzene rings is 3. The Morgan fingerprint density at radius 2 is 1.20 bits per heavy atom. The first-order valence-corrected chi connectivity index (χ1v) is 7.72. The van der Waals surface area contributed by atoms with Crippen molar-refractivity contribution in [3.05, 3.63) is 83.9 Å². The van der Waals surface area contributed by atoms with Crippen LogP contribution in [0.3, 0.4) is 0 Å². The molecule has 0 atom stereocenters. The molecule has 0 fully saturated rings. The molecule has 0 aliphatic heterocycles. The van der Waals surface area contributed by atoms with Crippen LogP contribution in [0.1, 0.15) is 20.7 Å². The zero-order chi connectivity index (χ0) is 17.8. The van der Waals surface area contributed by atoms with Gasteiger partial charge >= 0.3 is 11.9 Å². The van der Waals surface area contributed by atoms with Gasteiger partial charge in [0.1, 0.15) is 0 Å². The van der Waals surface area contributed by atoms with Gasteiger partial charge in [-0.1, -0.05) is 60.7 Å². The van der Waals surface area contributed by atoms with E-state index in [1.165, 1.54) is 13.2 Å². The van der Waals surface area contributed by atoms with Gasteiger partial charge in [-0.05, 0) is 34.4 Å². The summed E-state index contributed by atoms with van der Waals surface area (Å²) in [4.78, 5) is 24.1. The van der Waals surface area contributed by atoms with Crippen LogP contribution in [-0.2, 0) is 4.74 Å². The predicted octanol–water partition coefficient (Wildman–Crippen LogP) is 4.51. The van der Waals surface area contributed by atoms with Crippen molar-refractivity contribution in [3.8, 4) is 22.3 Å². The fourth-order valence-corrected chi connectivity index (χ4v) is 2.77. The summed E-state index contributed by atoms with van der Waals surface area (Å²) >= 11 is 0. The number of carboxylic acids is 1. The summed E-state index contributed by atoms with van der Waals surface area (Å²) in [6.45, 7) is 0. The second kappa shape index (κ2) is 7.01. The van der Waals surface area contributed by atoms with Gasteiger partial charge in [0.05, 0.1) is 18.2 Å². The molecule has 0 bridgehead atoms. The maximum Gasteiger partial charge on any atom is 0.338 e. The highest BCUT2D eigenvalue weighted by Gasteiger charge is 2.21. The quantitative estimate of drug-likeness (QED) is 0.714. The molecule has 0 saturated carbocycles. The fraction of sp³-hybridized carbons (Fsp3) is 0.0476. The maximum atomic E-state index is 12.3. The molecule has 0 amide bonds. The van der Waals surface area contributed by atoms with Crippen LogP contribution in [0.15, 0.2) is 72.8 Å². The van der Waals surface area contributed by atoms with Gasteiger partial charge < -0.3 is 9.84 Å². The van der Waals surface area contributed by atoms with Crippen LogP contribution in [0.2, 0.25) is 0 Å². The Hall–Kier alpha value is -3.40. The van der Waals surface area contributed by atoms with E-state index in [1.807, 2.05) is 60.7 Å². The van der Waals surface area contributed by atoms with Crippen LogP contribution in [-0.4, -0.2) is 24.2 Å². The van der Waals surface area contributed by atoms with Crippen molar-refractivity contribution in [2.75, 3.05) is 7.11 Å². The number of ether oxygens (including phenoxy) is 1. The summed E-state index contributed by atoms with van der Waals surface area (Å²) in [5.41, 5.74) is 2.96. The van der Waals surface area contributed by atoms with Crippen LogP contribution < -0.4 is 0 Å². The molecule has 3 aromatic rings. The monoisotopic (exact) mass is 332 g/mol. The predicted molar refractivity (Wildman–Crippen MR) is 95.6 cm³/mol. The minimum Gasteiger partial charge on any atom is -0.478 e. The van der Waals surface area contributed by atoms with Gasteiger partial charge in [0.25, 0.3) is 0 Å². The molecular formula is C21H16O4. The third kappa shape index (κ3) is 3.28. The van der Waals surface area contributed by atoms with Crippen molar-refractivity contribution in [3.63, 3.8) is 0 Å². The van der Waals surface area contributed by atoms with Gasteiger partial charge in [0.2, 0.25) is 0 Å². The zero-order valence-corrected chi connectivity index (χ0v) is 13.6. The van der Waals surface area contributed by atoms with Gasteiger partial charge in [-0.15, -0.1) is 0 Å². The fourth-order valence-electron chi connectivity index (χ4n) is 2.77. The minimum atomic E-state index is -1.05. The Kier molecular flexibility index (Phi) is 4.61. The topological polar surface area (TPSA) is 63.6 Å². The van der Waals surface area contributed by atoms with E-state index < -0.39 is 11.9 Å². The highest BCUT2D eigenvalue weighted by Crippen LogP contribution is 2.33. The smallest absolute Gasteiger partial charge is 0.338 e. The highest BCUT2D eigenvalue weighted by atomic mass is 16.5. The molecule has 0 radical (unpaired) electrons. The lowest BCUT2D eigenvalue weighted by Gasteiger charge is -2.14. The number of carbonyl (C=O) groups is 2. The van der Waals surface area contributed by atoms with Crippen molar-refractivity contribution in [2.24, 2.45) is 0 Å². The first-order chi connectivity index (χ1) is 12.1. The SMILES string of the molecule is COC(=O)c1cc(-c2ccccc2)c(C(=O)O)cc1-c1ccccc1. The number of hydrogen-bond acceptors (Lipinski definition) is 3. The van der Waals surface area contributed by atoms with Gasteiger partial charge in [0.15, 0.2) is 0 Å². The van der Waals surface area contributed by atoms with E-state index in [0.29, 0.717) is 16.7 Å². The molecule has 4 nitrogen and oxygen atoms in total. The van der Waals surface area contributed by atoms with Gasteiger partial charge in [0, 0.05) is 0 Å². The number of methoxy groups -OCH3 is 1. The normalized spacial score (nSPS) is 10.3. The lowest BCUT2D eigenvalue weighted by atomic mass is 9.90. The Balaban J connectivity index is 2.32. The number of esters is 1. The summed E-state index contributed by atoms with van der Waals surface area (Å²) in [7, 11) is 1.31. The van der Waals surface area contributed by atoms with Crippen LogP contribution in [0.4, 0.5) is 0 Å². The van der Waals surface area contributed by atoms with E-state index >= 15 is 0 Å². The first-order valence-electron chi connectivity index (χ1n) is 7.72. The van der Waals surface area contributed by atoms with Gasteiger partial charge in [-0.2, -0.15) is 0 Å². The Morgan fingerprint density at radius 1 is 0.760 bits per heavy atom. The van der Waals surface area contributed by atoms with Crippen LogP contribution in [0.5, 0.6) is 0 Å². The first kappa shape index (κ1) is 16.5. The van der Waals surface area contributed by atoms with E-state index in [0.717, 1.165) is 11.1 Å². The Bertz CT molecular complexity index is 915. The zero-order valence-electron chi connectivity index (χ0n) is 13.6. The highest BCUT2D eigenvalue weighted by molar-refractivity contribution is 6.04. The summed E-state index contributed by atoms with van der Waals surface area (Å²) in [6, 6.07) is 21.4. The van der Waals surface area contributed by atoms with E-state index in [1.54, 1.807) is 6.07 Å². The molecule has 3 rings (SSSR count). The summed E-state index contributed by atoms with van der Waals surface area (Å²) < 4.78 is 4.90. The van der Waals surface area contributed by atoms with Gasteiger partial charge in [-0.3, -0.25) is 0 Å². The third-order valence-electron chi connectivity index (χ3n) is 3.96. The van der Waals surface area contributed by atoms with Crippen molar-refractivity contribution < 1.29 is 19.4 Å². The molecule has 25 heavy (non-hydrogen) atoms. The van der Waals surface area contributed by atoms with Crippen LogP contribution >= 0.6 is 0 Å². The molecule has 124 valence electrons. The summed E-state index contributed by atoms with van der Waals surface area (Å²) in [5, 5.41) is 9.67. The van der Waals surface area contributed by atoms with Crippen LogP contribution in [0.25, 0.3) is 22.3 Å². The summed E-state index contributed by atoms with van der Waals surface area (Å²) in [5.74, 6) is -1.56. The van der Waals surface area contributed by atoms with Gasteiger partial charge in [-0.25, -0.2) is 9.59 Å². The average molecular weight is 332 g/mol. The minimum absolute atomic E-state index is 0.137. The van der Waals surface area contributed by atoms with Crippen molar-refractivity contribution >= 4 is 11.9 Å². The number of carbonyl (C=O) groups excluding carboxylic acids is 1.